The number of nitrogens with zero attached hydrogens (tertiary/aromatic N) is 3. The van der Waals surface area contributed by atoms with Crippen LogP contribution in [-0.4, -0.2) is 36.3 Å². The van der Waals surface area contributed by atoms with Crippen LogP contribution in [0.15, 0.2) is 34.1 Å². The van der Waals surface area contributed by atoms with Gasteiger partial charge in [0, 0.05) is 25.2 Å². The first-order valence-electron chi connectivity index (χ1n) is 6.57. The van der Waals surface area contributed by atoms with E-state index in [1.807, 2.05) is 5.38 Å². The van der Waals surface area contributed by atoms with Gasteiger partial charge in [-0.3, -0.25) is 0 Å². The molecule has 114 valence electrons. The van der Waals surface area contributed by atoms with Crippen molar-refractivity contribution < 1.29 is 8.42 Å². The van der Waals surface area contributed by atoms with Gasteiger partial charge in [-0.15, -0.1) is 11.3 Å². The second kappa shape index (κ2) is 6.97. The lowest BCUT2D eigenvalue weighted by atomic mass is 10.4. The van der Waals surface area contributed by atoms with E-state index in [2.05, 4.69) is 22.2 Å². The molecule has 0 radical (unpaired) electrons. The molecule has 0 amide bonds. The molecular weight excluding hydrogens is 308 g/mol. The van der Waals surface area contributed by atoms with E-state index in [1.165, 1.54) is 28.9 Å². The number of rotatable bonds is 7. The zero-order valence-corrected chi connectivity index (χ0v) is 13.6. The van der Waals surface area contributed by atoms with Gasteiger partial charge in [0.05, 0.1) is 17.7 Å². The van der Waals surface area contributed by atoms with Gasteiger partial charge in [0.1, 0.15) is 10.7 Å². The monoisotopic (exact) mass is 326 g/mol. The zero-order valence-electron chi connectivity index (χ0n) is 12.0. The van der Waals surface area contributed by atoms with E-state index in [9.17, 15) is 8.42 Å². The van der Waals surface area contributed by atoms with Crippen LogP contribution in [0.5, 0.6) is 0 Å². The van der Waals surface area contributed by atoms with Crippen LogP contribution in [0.4, 0.5) is 5.82 Å². The standard InChI is InChI=1S/C13H18N4O2S2/c1-3-6-14-13-5-4-12(7-15-13)21(18,19)17(2)8-11-9-20-10-16-11/h4-5,7,9-10H,3,6,8H2,1-2H3,(H,14,15). The molecule has 2 heterocycles. The summed E-state index contributed by atoms with van der Waals surface area (Å²) in [7, 11) is -2.01. The van der Waals surface area contributed by atoms with Crippen LogP contribution < -0.4 is 5.32 Å². The third kappa shape index (κ3) is 3.99. The highest BCUT2D eigenvalue weighted by atomic mass is 32.2. The molecule has 0 aromatic carbocycles. The second-order valence-corrected chi connectivity index (χ2v) is 7.31. The van der Waals surface area contributed by atoms with Crippen LogP contribution in [0.25, 0.3) is 0 Å². The fourth-order valence-corrected chi connectivity index (χ4v) is 3.34. The number of nitrogens with one attached hydrogen (secondary N) is 1. The fraction of sp³-hybridized carbons (Fsp3) is 0.385. The van der Waals surface area contributed by atoms with Crippen LogP contribution in [0.3, 0.4) is 0 Å². The molecule has 2 aromatic heterocycles. The highest BCUT2D eigenvalue weighted by Gasteiger charge is 2.21. The van der Waals surface area contributed by atoms with Gasteiger partial charge in [-0.2, -0.15) is 4.31 Å². The lowest BCUT2D eigenvalue weighted by Crippen LogP contribution is -2.26. The maximum absolute atomic E-state index is 12.4. The predicted octanol–water partition coefficient (Wildman–Crippen LogP) is 2.18. The Kier molecular flexibility index (Phi) is 5.27. The Morgan fingerprint density at radius 1 is 1.33 bits per heavy atom. The topological polar surface area (TPSA) is 75.2 Å². The van der Waals surface area contributed by atoms with Crippen molar-refractivity contribution in [2.75, 3.05) is 18.9 Å². The number of sulfonamides is 1. The summed E-state index contributed by atoms with van der Waals surface area (Å²) in [6.45, 7) is 3.11. The van der Waals surface area contributed by atoms with Gasteiger partial charge >= 0.3 is 0 Å². The molecule has 1 N–H and O–H groups in total. The summed E-state index contributed by atoms with van der Waals surface area (Å²) >= 11 is 1.44. The highest BCUT2D eigenvalue weighted by Crippen LogP contribution is 2.17. The van der Waals surface area contributed by atoms with Crippen molar-refractivity contribution in [3.8, 4) is 0 Å². The number of thiazole rings is 1. The number of hydrogen-bond acceptors (Lipinski definition) is 6. The highest BCUT2D eigenvalue weighted by molar-refractivity contribution is 7.89. The summed E-state index contributed by atoms with van der Waals surface area (Å²) in [5.41, 5.74) is 2.42. The number of hydrogen-bond donors (Lipinski definition) is 1. The van der Waals surface area contributed by atoms with E-state index in [4.69, 9.17) is 0 Å². The number of pyridine rings is 1. The molecule has 0 atom stereocenters. The van der Waals surface area contributed by atoms with Crippen molar-refractivity contribution in [2.45, 2.75) is 24.8 Å². The summed E-state index contributed by atoms with van der Waals surface area (Å²) in [6, 6.07) is 3.25. The molecule has 6 nitrogen and oxygen atoms in total. The van der Waals surface area contributed by atoms with Crippen molar-refractivity contribution in [1.82, 2.24) is 14.3 Å². The van der Waals surface area contributed by atoms with Crippen molar-refractivity contribution in [3.05, 3.63) is 34.9 Å². The van der Waals surface area contributed by atoms with Gasteiger partial charge in [0.2, 0.25) is 10.0 Å². The first-order valence-corrected chi connectivity index (χ1v) is 8.95. The first kappa shape index (κ1) is 15.9. The summed E-state index contributed by atoms with van der Waals surface area (Å²) < 4.78 is 26.1. The van der Waals surface area contributed by atoms with Gasteiger partial charge in [-0.1, -0.05) is 6.92 Å². The lowest BCUT2D eigenvalue weighted by Gasteiger charge is -2.16. The maximum Gasteiger partial charge on any atom is 0.244 e. The minimum absolute atomic E-state index is 0.183. The molecule has 0 spiro atoms. The van der Waals surface area contributed by atoms with Crippen molar-refractivity contribution in [3.63, 3.8) is 0 Å². The van der Waals surface area contributed by atoms with Gasteiger partial charge in [0.15, 0.2) is 0 Å². The smallest absolute Gasteiger partial charge is 0.244 e. The van der Waals surface area contributed by atoms with Gasteiger partial charge in [-0.25, -0.2) is 18.4 Å². The molecular formula is C13H18N4O2S2. The molecule has 0 bridgehead atoms. The number of aromatic nitrogens is 2. The van der Waals surface area contributed by atoms with Crippen LogP contribution in [0, 0.1) is 0 Å². The quantitative estimate of drug-likeness (QED) is 0.844. The van der Waals surface area contributed by atoms with E-state index in [0.717, 1.165) is 18.7 Å². The Hall–Kier alpha value is -1.51. The van der Waals surface area contributed by atoms with Gasteiger partial charge < -0.3 is 5.32 Å². The minimum Gasteiger partial charge on any atom is -0.370 e. The molecule has 0 fully saturated rings. The lowest BCUT2D eigenvalue weighted by molar-refractivity contribution is 0.463. The third-order valence-corrected chi connectivity index (χ3v) is 5.29. The molecule has 8 heteroatoms. The molecule has 0 unspecified atom stereocenters. The first-order chi connectivity index (χ1) is 10.0. The van der Waals surface area contributed by atoms with E-state index < -0.39 is 10.0 Å². The zero-order chi connectivity index (χ0) is 15.3. The van der Waals surface area contributed by atoms with E-state index in [0.29, 0.717) is 5.82 Å². The summed E-state index contributed by atoms with van der Waals surface area (Å²) in [5, 5.41) is 4.95. The molecule has 0 saturated heterocycles. The van der Waals surface area contributed by atoms with Crippen LogP contribution >= 0.6 is 11.3 Å². The van der Waals surface area contributed by atoms with Crippen LogP contribution in [0.2, 0.25) is 0 Å². The van der Waals surface area contributed by atoms with E-state index >= 15 is 0 Å². The predicted molar refractivity (Wildman–Crippen MR) is 83.8 cm³/mol. The molecule has 0 aliphatic carbocycles. The van der Waals surface area contributed by atoms with Crippen molar-refractivity contribution in [1.29, 1.82) is 0 Å². The van der Waals surface area contributed by atoms with Gasteiger partial charge in [-0.05, 0) is 18.6 Å². The summed E-state index contributed by atoms with van der Waals surface area (Å²) in [5.74, 6) is 0.679. The molecule has 0 aliphatic heterocycles. The Morgan fingerprint density at radius 3 is 2.71 bits per heavy atom. The van der Waals surface area contributed by atoms with Gasteiger partial charge in [0.25, 0.3) is 0 Å². The van der Waals surface area contributed by atoms with Crippen molar-refractivity contribution >= 4 is 27.2 Å². The third-order valence-electron chi connectivity index (χ3n) is 2.87. The Bertz CT molecular complexity index is 654. The Labute approximate surface area is 128 Å². The minimum atomic E-state index is -3.54. The molecule has 2 rings (SSSR count). The second-order valence-electron chi connectivity index (χ2n) is 4.55. The summed E-state index contributed by atoms with van der Waals surface area (Å²) in [4.78, 5) is 8.41. The average Bonchev–Trinajstić information content (AvgIpc) is 2.98. The molecule has 2 aromatic rings. The molecule has 0 aliphatic rings. The molecule has 0 saturated carbocycles. The molecule has 21 heavy (non-hydrogen) atoms. The fourth-order valence-electron chi connectivity index (χ4n) is 1.70. The van der Waals surface area contributed by atoms with Crippen LogP contribution in [0.1, 0.15) is 19.0 Å². The number of anilines is 1. The summed E-state index contributed by atoms with van der Waals surface area (Å²) in [6.07, 6.45) is 2.36. The van der Waals surface area contributed by atoms with Crippen molar-refractivity contribution in [2.24, 2.45) is 0 Å². The van der Waals surface area contributed by atoms with E-state index in [-0.39, 0.29) is 11.4 Å². The Balaban J connectivity index is 2.11. The average molecular weight is 326 g/mol. The largest absolute Gasteiger partial charge is 0.370 e. The maximum atomic E-state index is 12.4. The normalized spacial score (nSPS) is 11.8. The Morgan fingerprint density at radius 2 is 2.14 bits per heavy atom. The SMILES string of the molecule is CCCNc1ccc(S(=O)(=O)N(C)Cc2cscn2)cn1. The van der Waals surface area contributed by atoms with E-state index in [1.54, 1.807) is 17.6 Å². The van der Waals surface area contributed by atoms with Crippen LogP contribution in [-0.2, 0) is 16.6 Å².